The van der Waals surface area contributed by atoms with Gasteiger partial charge in [-0.15, -0.1) is 0 Å². The van der Waals surface area contributed by atoms with Crippen molar-refractivity contribution in [3.8, 4) is 0 Å². The van der Waals surface area contributed by atoms with Crippen molar-refractivity contribution in [2.45, 2.75) is 0 Å². The average Bonchev–Trinajstić information content (AvgIpc) is 0.811. The first kappa shape index (κ1) is 9.70. The molecular formula is H3NaO2S2. The van der Waals surface area contributed by atoms with E-state index in [1.807, 2.05) is 0 Å². The van der Waals surface area contributed by atoms with Crippen molar-refractivity contribution < 1.29 is 40.1 Å². The van der Waals surface area contributed by atoms with E-state index >= 15 is 0 Å². The minimum atomic E-state index is -1.78. The Balaban J connectivity index is -0.0000000450. The summed E-state index contributed by atoms with van der Waals surface area (Å²) in [4.78, 5) is 0. The Morgan fingerprint density at radius 3 is 1.60 bits per heavy atom. The van der Waals surface area contributed by atoms with Crippen molar-refractivity contribution in [2.24, 2.45) is 0 Å². The fourth-order valence-corrected chi connectivity index (χ4v) is 0. The largest absolute Gasteiger partial charge is 1.00 e. The maximum absolute atomic E-state index is 7.45. The summed E-state index contributed by atoms with van der Waals surface area (Å²) in [6.07, 6.45) is 0. The third-order valence-electron chi connectivity index (χ3n) is 0. The molecule has 0 aromatic heterocycles. The molecule has 0 saturated heterocycles. The second kappa shape index (κ2) is 5.49. The van der Waals surface area contributed by atoms with E-state index in [-0.39, 0.29) is 31.0 Å². The summed E-state index contributed by atoms with van der Waals surface area (Å²) in [6.45, 7) is 0. The first-order valence-corrected chi connectivity index (χ1v) is 2.60. The van der Waals surface area contributed by atoms with Crippen LogP contribution in [0.5, 0.6) is 0 Å². The van der Waals surface area contributed by atoms with Gasteiger partial charge in [0.1, 0.15) is 10.0 Å². The standard InChI is InChI=1S/Na.H2O2S2.H/c;1-4(2)3;/h;(H2,1,2,3);/q+1;;-1. The van der Waals surface area contributed by atoms with Crippen molar-refractivity contribution >= 4 is 21.2 Å². The van der Waals surface area contributed by atoms with E-state index in [1.54, 1.807) is 0 Å². The summed E-state index contributed by atoms with van der Waals surface area (Å²) in [7, 11) is -1.78. The minimum Gasteiger partial charge on any atom is -1.00 e. The Bertz CT molecular complexity index is 34.5. The molecule has 5 heavy (non-hydrogen) atoms. The van der Waals surface area contributed by atoms with Gasteiger partial charge >= 0.3 is 29.6 Å². The fourth-order valence-electron chi connectivity index (χ4n) is 0. The molecule has 0 heterocycles. The van der Waals surface area contributed by atoms with Crippen LogP contribution >= 0.6 is 0 Å². The van der Waals surface area contributed by atoms with Gasteiger partial charge in [0, 0.05) is 11.2 Å². The molecule has 0 aromatic carbocycles. The van der Waals surface area contributed by atoms with Crippen LogP contribution in [0.3, 0.4) is 0 Å². The van der Waals surface area contributed by atoms with Gasteiger partial charge in [-0.25, -0.2) is 0 Å². The van der Waals surface area contributed by atoms with E-state index in [2.05, 4.69) is 11.2 Å². The predicted octanol–water partition coefficient (Wildman–Crippen LogP) is -2.87. The summed E-state index contributed by atoms with van der Waals surface area (Å²) in [5, 5.41) is 0. The summed E-state index contributed by atoms with van der Waals surface area (Å²) >= 11 is 3.76. The average molecular weight is 122 g/mol. The van der Waals surface area contributed by atoms with Crippen molar-refractivity contribution in [3.63, 3.8) is 0 Å². The van der Waals surface area contributed by atoms with Gasteiger partial charge in [0.25, 0.3) is 0 Å². The van der Waals surface area contributed by atoms with Crippen LogP contribution in [-0.2, 0) is 21.2 Å². The van der Waals surface area contributed by atoms with Crippen LogP contribution in [0.15, 0.2) is 0 Å². The quantitative estimate of drug-likeness (QED) is 0.339. The molecule has 0 radical (unpaired) electrons. The van der Waals surface area contributed by atoms with Crippen LogP contribution in [0, 0.1) is 0 Å². The molecule has 0 aromatic rings. The second-order valence-corrected chi connectivity index (χ2v) is 1.59. The molecule has 0 aliphatic heterocycles. The molecular weight excluding hydrogens is 119 g/mol. The Kier molecular flexibility index (Phi) is 10.7. The van der Waals surface area contributed by atoms with Gasteiger partial charge in [0.05, 0.1) is 0 Å². The van der Waals surface area contributed by atoms with E-state index in [0.717, 1.165) is 0 Å². The molecule has 0 aliphatic carbocycles. The zero-order chi connectivity index (χ0) is 3.58. The molecule has 0 amide bonds. The first-order valence-electron chi connectivity index (χ1n) is 0.532. The Hall–Kier alpha value is 1.49. The van der Waals surface area contributed by atoms with Crippen LogP contribution in [0.25, 0.3) is 0 Å². The third-order valence-corrected chi connectivity index (χ3v) is 0. The van der Waals surface area contributed by atoms with Gasteiger partial charge in [0.15, 0.2) is 0 Å². The normalized spacial score (nSPS) is 7.00. The van der Waals surface area contributed by atoms with Crippen LogP contribution in [-0.4, -0.2) is 9.11 Å². The predicted molar refractivity (Wildman–Crippen MR) is 21.1 cm³/mol. The SMILES string of the molecule is OS(O)=S.[H-].[Na+]. The van der Waals surface area contributed by atoms with Gasteiger partial charge in [-0.2, -0.15) is 0 Å². The summed E-state index contributed by atoms with van der Waals surface area (Å²) < 4.78 is 14.9. The van der Waals surface area contributed by atoms with Crippen LogP contribution in [0.1, 0.15) is 1.43 Å². The van der Waals surface area contributed by atoms with Gasteiger partial charge in [-0.05, 0) is 0 Å². The zero-order valence-electron chi connectivity index (χ0n) is 3.71. The topological polar surface area (TPSA) is 40.5 Å². The van der Waals surface area contributed by atoms with Crippen molar-refractivity contribution in [1.29, 1.82) is 0 Å². The minimum absolute atomic E-state index is 0. The molecule has 0 unspecified atom stereocenters. The van der Waals surface area contributed by atoms with E-state index in [9.17, 15) is 0 Å². The molecule has 2 nitrogen and oxygen atoms in total. The molecule has 0 aliphatic rings. The molecule has 0 fully saturated rings. The molecule has 5 heteroatoms. The maximum atomic E-state index is 7.45. The van der Waals surface area contributed by atoms with Gasteiger partial charge in [0.2, 0.25) is 0 Å². The molecule has 0 spiro atoms. The molecule has 0 atom stereocenters. The summed E-state index contributed by atoms with van der Waals surface area (Å²) in [6, 6.07) is 0. The van der Waals surface area contributed by atoms with Crippen molar-refractivity contribution in [2.75, 3.05) is 0 Å². The Morgan fingerprint density at radius 2 is 1.60 bits per heavy atom. The van der Waals surface area contributed by atoms with Gasteiger partial charge in [-0.3, -0.25) is 0 Å². The smallest absolute Gasteiger partial charge is 1.00 e. The molecule has 0 rings (SSSR count). The maximum Gasteiger partial charge on any atom is 1.00 e. The van der Waals surface area contributed by atoms with E-state index < -0.39 is 10.0 Å². The number of rotatable bonds is 0. The van der Waals surface area contributed by atoms with Gasteiger partial charge in [-0.1, -0.05) is 0 Å². The van der Waals surface area contributed by atoms with Crippen LogP contribution in [0.4, 0.5) is 0 Å². The van der Waals surface area contributed by atoms with Crippen molar-refractivity contribution in [1.82, 2.24) is 0 Å². The van der Waals surface area contributed by atoms with Gasteiger partial charge < -0.3 is 10.5 Å². The van der Waals surface area contributed by atoms with Crippen molar-refractivity contribution in [3.05, 3.63) is 0 Å². The third kappa shape index (κ3) is 30.1. The van der Waals surface area contributed by atoms with E-state index in [4.69, 9.17) is 9.11 Å². The Morgan fingerprint density at radius 1 is 1.60 bits per heavy atom. The van der Waals surface area contributed by atoms with Crippen LogP contribution < -0.4 is 29.6 Å². The number of hydrogen-bond donors (Lipinski definition) is 2. The fraction of sp³-hybridized carbons (Fsp3) is 0. The molecule has 28 valence electrons. The first-order chi connectivity index (χ1) is 1.73. The summed E-state index contributed by atoms with van der Waals surface area (Å²) in [5.41, 5.74) is 0. The number of hydrogen-bond acceptors (Lipinski definition) is 1. The Labute approximate surface area is 61.0 Å². The monoisotopic (exact) mass is 122 g/mol. The zero-order valence-corrected chi connectivity index (χ0v) is 6.34. The second-order valence-electron chi connectivity index (χ2n) is 0.231. The van der Waals surface area contributed by atoms with Crippen LogP contribution in [0.2, 0.25) is 0 Å². The molecule has 0 saturated carbocycles. The molecule has 2 N–H and O–H groups in total. The molecule has 0 bridgehead atoms. The summed E-state index contributed by atoms with van der Waals surface area (Å²) in [5.74, 6) is 0. The van der Waals surface area contributed by atoms with E-state index in [0.29, 0.717) is 0 Å². The van der Waals surface area contributed by atoms with E-state index in [1.165, 1.54) is 0 Å².